The smallest absolute Gasteiger partial charge is 0.222 e. The molecule has 3 rings (SSSR count). The molecule has 9 heteroatoms. The molecule has 0 radical (unpaired) electrons. The van der Waals surface area contributed by atoms with Gasteiger partial charge in [-0.15, -0.1) is 16.6 Å². The number of anilines is 2. The number of pyridine rings is 1. The van der Waals surface area contributed by atoms with Crippen molar-refractivity contribution in [2.45, 2.75) is 18.7 Å². The third kappa shape index (κ3) is 4.92. The first kappa shape index (κ1) is 18.1. The number of hydrogen-bond donors (Lipinski definition) is 2. The van der Waals surface area contributed by atoms with Crippen LogP contribution in [0, 0.1) is 12.8 Å². The summed E-state index contributed by atoms with van der Waals surface area (Å²) in [4.78, 5) is 15.6. The van der Waals surface area contributed by atoms with Crippen molar-refractivity contribution in [2.75, 3.05) is 30.0 Å². The van der Waals surface area contributed by atoms with Crippen molar-refractivity contribution in [2.24, 2.45) is 5.92 Å². The molecule has 0 bridgehead atoms. The van der Waals surface area contributed by atoms with Crippen LogP contribution in [-0.4, -0.2) is 49.3 Å². The van der Waals surface area contributed by atoms with Gasteiger partial charge in [0.25, 0.3) is 0 Å². The summed E-state index contributed by atoms with van der Waals surface area (Å²) in [6.07, 6.45) is 9.13. The zero-order chi connectivity index (χ0) is 18.4. The van der Waals surface area contributed by atoms with Crippen LogP contribution >= 0.6 is 11.8 Å². The third-order valence-corrected chi connectivity index (χ3v) is 4.37. The molecule has 0 saturated carbocycles. The lowest BCUT2D eigenvalue weighted by molar-refractivity contribution is 0.644. The van der Waals surface area contributed by atoms with Gasteiger partial charge in [-0.2, -0.15) is 10.2 Å². The van der Waals surface area contributed by atoms with Crippen molar-refractivity contribution in [1.29, 1.82) is 0 Å². The maximum absolute atomic E-state index is 4.41. The molecule has 1 atom stereocenters. The molecule has 0 aromatic carbocycles. The molecule has 0 fully saturated rings. The summed E-state index contributed by atoms with van der Waals surface area (Å²) in [5.41, 5.74) is 1.71. The number of hydrogen-bond acceptors (Lipinski definition) is 8. The lowest BCUT2D eigenvalue weighted by Gasteiger charge is -2.14. The molecular weight excluding hydrogens is 348 g/mol. The van der Waals surface area contributed by atoms with E-state index in [0.29, 0.717) is 11.9 Å². The van der Waals surface area contributed by atoms with Crippen LogP contribution < -0.4 is 10.6 Å². The molecule has 0 spiro atoms. The summed E-state index contributed by atoms with van der Waals surface area (Å²) in [5, 5.41) is 15.0. The van der Waals surface area contributed by atoms with Gasteiger partial charge < -0.3 is 10.6 Å². The van der Waals surface area contributed by atoms with E-state index in [1.165, 1.54) is 0 Å². The van der Waals surface area contributed by atoms with E-state index in [9.17, 15) is 0 Å². The summed E-state index contributed by atoms with van der Waals surface area (Å²) in [6, 6.07) is 3.87. The summed E-state index contributed by atoms with van der Waals surface area (Å²) < 4.78 is 0. The number of thioether (sulfide) groups is 1. The highest BCUT2D eigenvalue weighted by atomic mass is 32.2. The number of nitrogens with one attached hydrogen (secondary N) is 2. The average molecular weight is 370 g/mol. The van der Waals surface area contributed by atoms with E-state index in [1.54, 1.807) is 29.0 Å². The van der Waals surface area contributed by atoms with Gasteiger partial charge in [0.15, 0.2) is 0 Å². The highest BCUT2D eigenvalue weighted by molar-refractivity contribution is 7.98. The van der Waals surface area contributed by atoms with Gasteiger partial charge in [0, 0.05) is 30.4 Å². The number of aromatic nitrogens is 6. The molecule has 2 N–H and O–H groups in total. The Labute approximate surface area is 156 Å². The molecule has 0 amide bonds. The van der Waals surface area contributed by atoms with Crippen LogP contribution in [0.3, 0.4) is 0 Å². The second-order valence-corrected chi connectivity index (χ2v) is 6.87. The maximum atomic E-state index is 4.41. The van der Waals surface area contributed by atoms with E-state index in [2.05, 4.69) is 42.7 Å². The number of aryl methyl sites for hydroxylation is 1. The van der Waals surface area contributed by atoms with Crippen molar-refractivity contribution >= 4 is 23.5 Å². The fraction of sp³-hybridized carbons (Fsp3) is 0.353. The molecule has 26 heavy (non-hydrogen) atoms. The highest BCUT2D eigenvalue weighted by Crippen LogP contribution is 2.12. The van der Waals surface area contributed by atoms with Crippen molar-refractivity contribution in [3.63, 3.8) is 0 Å². The summed E-state index contributed by atoms with van der Waals surface area (Å²) >= 11 is 1.63. The first-order valence-electron chi connectivity index (χ1n) is 8.33. The van der Waals surface area contributed by atoms with Gasteiger partial charge in [0.2, 0.25) is 5.95 Å². The summed E-state index contributed by atoms with van der Waals surface area (Å²) in [5.74, 6) is 1.86. The second-order valence-electron chi connectivity index (χ2n) is 5.99. The number of rotatable bonds is 8. The molecule has 3 aromatic rings. The average Bonchev–Trinajstić information content (AvgIpc) is 3.12. The fourth-order valence-corrected chi connectivity index (χ4v) is 2.52. The Morgan fingerprint density at radius 2 is 1.81 bits per heavy atom. The minimum atomic E-state index is 0.385. The maximum Gasteiger partial charge on any atom is 0.222 e. The van der Waals surface area contributed by atoms with Gasteiger partial charge in [-0.1, -0.05) is 6.92 Å². The molecule has 0 aliphatic rings. The zero-order valence-corrected chi connectivity index (χ0v) is 15.9. The summed E-state index contributed by atoms with van der Waals surface area (Å²) in [6.45, 7) is 5.63. The van der Waals surface area contributed by atoms with Gasteiger partial charge >= 0.3 is 0 Å². The Kier molecular flexibility index (Phi) is 6.00. The number of nitrogens with zero attached hydrogens (tertiary/aromatic N) is 6. The molecule has 3 heterocycles. The van der Waals surface area contributed by atoms with Crippen LogP contribution in [0.4, 0.5) is 11.8 Å². The predicted molar refractivity (Wildman–Crippen MR) is 104 cm³/mol. The SMILES string of the molecule is CSc1cnc(NCC(C)CNc2ccc(-n3ncc(C)n3)cn2)nc1. The highest BCUT2D eigenvalue weighted by Gasteiger charge is 2.05. The Morgan fingerprint density at radius 3 is 2.42 bits per heavy atom. The molecule has 8 nitrogen and oxygen atoms in total. The zero-order valence-electron chi connectivity index (χ0n) is 15.0. The van der Waals surface area contributed by atoms with Gasteiger partial charge in [-0.05, 0) is 31.2 Å². The molecule has 0 aliphatic carbocycles. The normalized spacial score (nSPS) is 12.0. The van der Waals surface area contributed by atoms with Crippen LogP contribution in [-0.2, 0) is 0 Å². The quantitative estimate of drug-likeness (QED) is 0.585. The van der Waals surface area contributed by atoms with Crippen LogP contribution in [0.2, 0.25) is 0 Å². The third-order valence-electron chi connectivity index (χ3n) is 3.69. The van der Waals surface area contributed by atoms with Crippen LogP contribution in [0.15, 0.2) is 41.8 Å². The van der Waals surface area contributed by atoms with Crippen molar-refractivity contribution in [1.82, 2.24) is 29.9 Å². The summed E-state index contributed by atoms with van der Waals surface area (Å²) in [7, 11) is 0. The molecular formula is C17H22N8S. The van der Waals surface area contributed by atoms with E-state index in [4.69, 9.17) is 0 Å². The molecule has 0 saturated heterocycles. The minimum absolute atomic E-state index is 0.385. The van der Waals surface area contributed by atoms with Gasteiger partial charge in [0.1, 0.15) is 11.5 Å². The first-order chi connectivity index (χ1) is 12.6. The van der Waals surface area contributed by atoms with E-state index in [-0.39, 0.29) is 0 Å². The topological polar surface area (TPSA) is 93.4 Å². The monoisotopic (exact) mass is 370 g/mol. The van der Waals surface area contributed by atoms with E-state index in [0.717, 1.165) is 35.2 Å². The molecule has 136 valence electrons. The van der Waals surface area contributed by atoms with Crippen molar-refractivity contribution in [3.8, 4) is 5.69 Å². The van der Waals surface area contributed by atoms with Crippen LogP contribution in [0.1, 0.15) is 12.6 Å². The lowest BCUT2D eigenvalue weighted by atomic mass is 10.2. The Balaban J connectivity index is 1.45. The van der Waals surface area contributed by atoms with Gasteiger partial charge in [-0.3, -0.25) is 0 Å². The molecule has 0 aliphatic heterocycles. The van der Waals surface area contributed by atoms with Gasteiger partial charge in [0.05, 0.1) is 18.1 Å². The Bertz CT molecular complexity index is 816. The lowest BCUT2D eigenvalue weighted by Crippen LogP contribution is -2.21. The van der Waals surface area contributed by atoms with Crippen molar-refractivity contribution < 1.29 is 0 Å². The first-order valence-corrected chi connectivity index (χ1v) is 9.55. The van der Waals surface area contributed by atoms with E-state index < -0.39 is 0 Å². The molecule has 1 unspecified atom stereocenters. The van der Waals surface area contributed by atoms with Crippen LogP contribution in [0.5, 0.6) is 0 Å². The largest absolute Gasteiger partial charge is 0.370 e. The predicted octanol–water partition coefficient (Wildman–Crippen LogP) is 2.64. The molecule has 3 aromatic heterocycles. The standard InChI is InChI=1S/C17H22N8S/c1-12(7-20-17-21-10-15(26-3)11-22-17)6-18-16-5-4-14(9-19-16)25-23-8-13(2)24-25/h4-5,8-12H,6-7H2,1-3H3,(H,18,19)(H,20,21,22). The van der Waals surface area contributed by atoms with Crippen LogP contribution in [0.25, 0.3) is 5.69 Å². The van der Waals surface area contributed by atoms with Crippen molar-refractivity contribution in [3.05, 3.63) is 42.6 Å². The minimum Gasteiger partial charge on any atom is -0.370 e. The Hall–Kier alpha value is -2.68. The van der Waals surface area contributed by atoms with E-state index >= 15 is 0 Å². The second kappa shape index (κ2) is 8.61. The fourth-order valence-electron chi connectivity index (χ4n) is 2.20. The van der Waals surface area contributed by atoms with E-state index in [1.807, 2.05) is 37.7 Å². The van der Waals surface area contributed by atoms with Gasteiger partial charge in [-0.25, -0.2) is 15.0 Å². The Morgan fingerprint density at radius 1 is 1.04 bits per heavy atom.